The van der Waals surface area contributed by atoms with Crippen LogP contribution in [0.4, 0.5) is 0 Å². The largest absolute Gasteiger partial charge is 0.490 e. The van der Waals surface area contributed by atoms with Gasteiger partial charge in [-0.25, -0.2) is 0 Å². The Morgan fingerprint density at radius 2 is 2.11 bits per heavy atom. The number of ether oxygens (including phenoxy) is 1. The van der Waals surface area contributed by atoms with E-state index in [-0.39, 0.29) is 7.66 Å². The van der Waals surface area contributed by atoms with E-state index in [0.29, 0.717) is 12.1 Å². The summed E-state index contributed by atoms with van der Waals surface area (Å²) < 4.78 is 16.6. The predicted molar refractivity (Wildman–Crippen MR) is 80.3 cm³/mol. The Bertz CT molecular complexity index is 420. The second-order valence-corrected chi connectivity index (χ2v) is 6.89. The van der Waals surface area contributed by atoms with Crippen LogP contribution in [-0.2, 0) is 4.57 Å². The summed E-state index contributed by atoms with van der Waals surface area (Å²) in [6.07, 6.45) is 2.46. The van der Waals surface area contributed by atoms with E-state index in [1.807, 2.05) is 24.3 Å². The average molecular weight is 297 g/mol. The molecule has 0 atom stereocenters. The summed E-state index contributed by atoms with van der Waals surface area (Å²) in [6, 6.07) is 8.46. The second-order valence-electron chi connectivity index (χ2n) is 5.09. The van der Waals surface area contributed by atoms with E-state index < -0.39 is 0 Å². The van der Waals surface area contributed by atoms with E-state index in [1.54, 1.807) is 0 Å². The molecule has 1 aliphatic heterocycles. The van der Waals surface area contributed by atoms with Crippen LogP contribution in [0.5, 0.6) is 5.75 Å². The standard InChI is InChI=1S/C14H20NO2PS/c1-11(2)15-8-6-12(7-9-15)17-13-4-3-5-14(10-13)19-18-16/h3-5,10-12H,6-9H2,1-2H3. The Balaban J connectivity index is 1.88. The zero-order valence-electron chi connectivity index (χ0n) is 11.4. The highest BCUT2D eigenvalue weighted by Gasteiger charge is 2.21. The lowest BCUT2D eigenvalue weighted by atomic mass is 10.1. The number of hydrogen-bond acceptors (Lipinski definition) is 4. The van der Waals surface area contributed by atoms with E-state index in [9.17, 15) is 4.57 Å². The minimum atomic E-state index is 0.0774. The van der Waals surface area contributed by atoms with Crippen molar-refractivity contribution in [2.75, 3.05) is 13.1 Å². The van der Waals surface area contributed by atoms with Crippen LogP contribution in [0.3, 0.4) is 0 Å². The van der Waals surface area contributed by atoms with Gasteiger partial charge >= 0.3 is 0 Å². The van der Waals surface area contributed by atoms with E-state index in [0.717, 1.165) is 36.6 Å². The summed E-state index contributed by atoms with van der Waals surface area (Å²) in [5.41, 5.74) is 0. The molecule has 5 heteroatoms. The zero-order chi connectivity index (χ0) is 13.7. The van der Waals surface area contributed by atoms with Crippen molar-refractivity contribution in [3.63, 3.8) is 0 Å². The highest BCUT2D eigenvalue weighted by Crippen LogP contribution is 2.31. The number of likely N-dealkylation sites (tertiary alicyclic amines) is 1. The molecule has 0 aromatic heterocycles. The predicted octanol–water partition coefficient (Wildman–Crippen LogP) is 4.24. The molecule has 0 aliphatic carbocycles. The summed E-state index contributed by atoms with van der Waals surface area (Å²) in [5.74, 6) is 0.886. The third-order valence-electron chi connectivity index (χ3n) is 3.46. The van der Waals surface area contributed by atoms with Gasteiger partial charge < -0.3 is 9.64 Å². The Morgan fingerprint density at radius 1 is 1.37 bits per heavy atom. The Morgan fingerprint density at radius 3 is 2.74 bits per heavy atom. The van der Waals surface area contributed by atoms with Gasteiger partial charge in [0.05, 0.1) is 0 Å². The molecule has 0 N–H and O–H groups in total. The first-order valence-corrected chi connectivity index (χ1v) is 8.93. The SMILES string of the molecule is CC(C)N1CCC(Oc2cccc(SP=O)c2)CC1. The fourth-order valence-corrected chi connectivity index (χ4v) is 3.34. The Hall–Kier alpha value is -0.570. The monoisotopic (exact) mass is 297 g/mol. The highest BCUT2D eigenvalue weighted by atomic mass is 32.7. The number of piperidine rings is 1. The molecule has 2 rings (SSSR count). The molecule has 0 spiro atoms. The molecule has 1 heterocycles. The third kappa shape index (κ3) is 4.48. The lowest BCUT2D eigenvalue weighted by Gasteiger charge is -2.34. The molecular weight excluding hydrogens is 277 g/mol. The third-order valence-corrected chi connectivity index (χ3v) is 4.85. The van der Waals surface area contributed by atoms with Crippen molar-refractivity contribution in [2.24, 2.45) is 0 Å². The maximum Gasteiger partial charge on any atom is 0.232 e. The number of benzene rings is 1. The normalized spacial score (nSPS) is 18.1. The fraction of sp³-hybridized carbons (Fsp3) is 0.571. The van der Waals surface area contributed by atoms with Crippen molar-refractivity contribution in [3.8, 4) is 5.75 Å². The topological polar surface area (TPSA) is 29.5 Å². The average Bonchev–Trinajstić information content (AvgIpc) is 2.40. The van der Waals surface area contributed by atoms with Gasteiger partial charge in [0.2, 0.25) is 7.66 Å². The van der Waals surface area contributed by atoms with Crippen molar-refractivity contribution >= 4 is 19.0 Å². The molecule has 0 unspecified atom stereocenters. The Kier molecular flexibility index (Phi) is 5.68. The van der Waals surface area contributed by atoms with Crippen LogP contribution in [-0.4, -0.2) is 30.1 Å². The smallest absolute Gasteiger partial charge is 0.232 e. The van der Waals surface area contributed by atoms with Crippen molar-refractivity contribution in [3.05, 3.63) is 24.3 Å². The molecular formula is C14H20NO2PS. The maximum atomic E-state index is 10.6. The van der Waals surface area contributed by atoms with Gasteiger partial charge in [0.1, 0.15) is 11.9 Å². The molecule has 1 aromatic rings. The number of hydrogen-bond donors (Lipinski definition) is 0. The summed E-state index contributed by atoms with van der Waals surface area (Å²) in [6.45, 7) is 6.69. The molecule has 0 bridgehead atoms. The van der Waals surface area contributed by atoms with Gasteiger partial charge in [-0.3, -0.25) is 4.57 Å². The summed E-state index contributed by atoms with van der Waals surface area (Å²) in [7, 11) is 0.0774. The molecule has 1 aromatic carbocycles. The summed E-state index contributed by atoms with van der Waals surface area (Å²) >= 11 is 1.28. The first-order chi connectivity index (χ1) is 9.19. The Labute approximate surface area is 120 Å². The summed E-state index contributed by atoms with van der Waals surface area (Å²) in [5, 5.41) is 0. The zero-order valence-corrected chi connectivity index (χ0v) is 13.1. The van der Waals surface area contributed by atoms with Gasteiger partial charge in [0.15, 0.2) is 0 Å². The van der Waals surface area contributed by atoms with Crippen LogP contribution in [0.15, 0.2) is 29.2 Å². The first kappa shape index (κ1) is 14.8. The van der Waals surface area contributed by atoms with E-state index in [4.69, 9.17) is 4.74 Å². The molecule has 1 fully saturated rings. The molecule has 0 radical (unpaired) electrons. The van der Waals surface area contributed by atoms with Crippen LogP contribution in [0.2, 0.25) is 0 Å². The fourth-order valence-electron chi connectivity index (χ4n) is 2.35. The summed E-state index contributed by atoms with van der Waals surface area (Å²) in [4.78, 5) is 3.47. The van der Waals surface area contributed by atoms with Crippen molar-refractivity contribution in [2.45, 2.75) is 43.7 Å². The van der Waals surface area contributed by atoms with Gasteiger partial charge in [0, 0.05) is 24.0 Å². The second kappa shape index (κ2) is 7.28. The minimum absolute atomic E-state index is 0.0774. The molecule has 104 valence electrons. The van der Waals surface area contributed by atoms with Gasteiger partial charge in [-0.1, -0.05) is 6.07 Å². The van der Waals surface area contributed by atoms with Gasteiger partial charge in [0.25, 0.3) is 0 Å². The van der Waals surface area contributed by atoms with Crippen LogP contribution in [0.1, 0.15) is 26.7 Å². The molecule has 0 saturated carbocycles. The number of nitrogens with zero attached hydrogens (tertiary/aromatic N) is 1. The molecule has 1 aliphatic rings. The van der Waals surface area contributed by atoms with Crippen molar-refractivity contribution in [1.82, 2.24) is 4.90 Å². The van der Waals surface area contributed by atoms with Crippen molar-refractivity contribution in [1.29, 1.82) is 0 Å². The lowest BCUT2D eigenvalue weighted by Crippen LogP contribution is -2.41. The van der Waals surface area contributed by atoms with Crippen molar-refractivity contribution < 1.29 is 9.30 Å². The molecule has 0 amide bonds. The van der Waals surface area contributed by atoms with Crippen LogP contribution >= 0.6 is 19.0 Å². The van der Waals surface area contributed by atoms with Crippen LogP contribution in [0, 0.1) is 0 Å². The lowest BCUT2D eigenvalue weighted by molar-refractivity contribution is 0.0842. The van der Waals surface area contributed by atoms with Gasteiger partial charge in [-0.2, -0.15) is 0 Å². The molecule has 1 saturated heterocycles. The molecule has 19 heavy (non-hydrogen) atoms. The van der Waals surface area contributed by atoms with E-state index in [2.05, 4.69) is 18.7 Å². The van der Waals surface area contributed by atoms with Gasteiger partial charge in [-0.05, 0) is 56.3 Å². The highest BCUT2D eigenvalue weighted by molar-refractivity contribution is 8.45. The van der Waals surface area contributed by atoms with Crippen LogP contribution < -0.4 is 4.74 Å². The quantitative estimate of drug-likeness (QED) is 0.760. The maximum absolute atomic E-state index is 10.6. The number of rotatable bonds is 5. The first-order valence-electron chi connectivity index (χ1n) is 6.69. The van der Waals surface area contributed by atoms with E-state index >= 15 is 0 Å². The van der Waals surface area contributed by atoms with Gasteiger partial charge in [-0.15, -0.1) is 0 Å². The van der Waals surface area contributed by atoms with E-state index in [1.165, 1.54) is 11.4 Å². The van der Waals surface area contributed by atoms with Crippen LogP contribution in [0.25, 0.3) is 0 Å². The minimum Gasteiger partial charge on any atom is -0.490 e. The molecule has 3 nitrogen and oxygen atoms in total.